The lowest BCUT2D eigenvalue weighted by Gasteiger charge is -1.99. The molecule has 0 fully saturated rings. The number of allylic oxidation sites excluding steroid dienone is 2. The first-order chi connectivity index (χ1) is 6.20. The molecule has 0 unspecified atom stereocenters. The van der Waals surface area contributed by atoms with Crippen LogP contribution in [0.3, 0.4) is 0 Å². The lowest BCUT2D eigenvalue weighted by Crippen LogP contribution is -1.93. The zero-order valence-corrected chi connectivity index (χ0v) is 9.51. The molecule has 0 rings (SSSR count). The Morgan fingerprint density at radius 2 is 2.00 bits per heavy atom. The molecule has 0 aliphatic carbocycles. The van der Waals surface area contributed by atoms with Crippen LogP contribution in [0.25, 0.3) is 0 Å². The fraction of sp³-hybridized carbons (Fsp3) is 0.750. The summed E-state index contributed by atoms with van der Waals surface area (Å²) in [6.07, 6.45) is 7.83. The zero-order chi connectivity index (χ0) is 10.1. The monoisotopic (exact) mass is 181 g/mol. The maximum Gasteiger partial charge on any atom is 0.0412 e. The van der Waals surface area contributed by atoms with Crippen molar-refractivity contribution in [3.05, 3.63) is 11.6 Å². The highest BCUT2D eigenvalue weighted by atomic mass is 14.7. The molecule has 1 nitrogen and oxygen atoms in total. The van der Waals surface area contributed by atoms with Gasteiger partial charge in [0.15, 0.2) is 0 Å². The Morgan fingerprint density at radius 3 is 2.46 bits per heavy atom. The molecule has 0 aromatic carbocycles. The summed E-state index contributed by atoms with van der Waals surface area (Å²) in [5.41, 5.74) is 1.38. The van der Waals surface area contributed by atoms with Crippen LogP contribution in [0.5, 0.6) is 0 Å². The molecule has 0 saturated heterocycles. The average Bonchev–Trinajstić information content (AvgIpc) is 2.10. The number of unbranched alkanes of at least 4 members (excludes halogenated alkanes) is 1. The highest BCUT2D eigenvalue weighted by molar-refractivity contribution is 5.78. The van der Waals surface area contributed by atoms with Crippen LogP contribution in [0.1, 0.15) is 47.0 Å². The van der Waals surface area contributed by atoms with Gasteiger partial charge < -0.3 is 0 Å². The molecule has 13 heavy (non-hydrogen) atoms. The fourth-order valence-electron chi connectivity index (χ4n) is 0.999. The van der Waals surface area contributed by atoms with Gasteiger partial charge in [0.25, 0.3) is 0 Å². The molecule has 0 amide bonds. The van der Waals surface area contributed by atoms with Gasteiger partial charge in [-0.1, -0.05) is 40.2 Å². The quantitative estimate of drug-likeness (QED) is 0.552. The summed E-state index contributed by atoms with van der Waals surface area (Å²) >= 11 is 0. The first kappa shape index (κ1) is 12.4. The van der Waals surface area contributed by atoms with E-state index in [1.54, 1.807) is 0 Å². The van der Waals surface area contributed by atoms with Crippen LogP contribution in [-0.4, -0.2) is 12.8 Å². The third kappa shape index (κ3) is 7.76. The van der Waals surface area contributed by atoms with Gasteiger partial charge in [0.2, 0.25) is 0 Å². The van der Waals surface area contributed by atoms with E-state index in [-0.39, 0.29) is 0 Å². The van der Waals surface area contributed by atoms with Gasteiger partial charge in [-0.2, -0.15) is 0 Å². The maximum absolute atomic E-state index is 4.40. The van der Waals surface area contributed by atoms with Gasteiger partial charge in [-0.3, -0.25) is 4.99 Å². The third-order valence-corrected chi connectivity index (χ3v) is 1.83. The highest BCUT2D eigenvalue weighted by Gasteiger charge is 1.90. The van der Waals surface area contributed by atoms with Crippen molar-refractivity contribution in [1.82, 2.24) is 0 Å². The van der Waals surface area contributed by atoms with E-state index in [9.17, 15) is 0 Å². The second kappa shape index (κ2) is 8.03. The summed E-state index contributed by atoms with van der Waals surface area (Å²) in [7, 11) is 0. The molecule has 1 heteroatoms. The van der Waals surface area contributed by atoms with Crippen molar-refractivity contribution >= 4 is 6.21 Å². The van der Waals surface area contributed by atoms with Crippen LogP contribution in [0.15, 0.2) is 16.6 Å². The van der Waals surface area contributed by atoms with Crippen molar-refractivity contribution in [3.63, 3.8) is 0 Å². The van der Waals surface area contributed by atoms with Crippen molar-refractivity contribution < 1.29 is 0 Å². The summed E-state index contributed by atoms with van der Waals surface area (Å²) in [6, 6.07) is 0. The van der Waals surface area contributed by atoms with E-state index in [1.807, 2.05) is 6.21 Å². The zero-order valence-electron chi connectivity index (χ0n) is 9.51. The van der Waals surface area contributed by atoms with E-state index in [2.05, 4.69) is 38.8 Å². The van der Waals surface area contributed by atoms with Gasteiger partial charge in [-0.15, -0.1) is 0 Å². The largest absolute Gasteiger partial charge is 0.293 e. The van der Waals surface area contributed by atoms with Gasteiger partial charge in [0.1, 0.15) is 0 Å². The second-order valence-corrected chi connectivity index (χ2v) is 3.81. The molecular weight excluding hydrogens is 158 g/mol. The molecule has 0 aliphatic rings. The summed E-state index contributed by atoms with van der Waals surface area (Å²) in [5.74, 6) is 0.667. The van der Waals surface area contributed by atoms with E-state index < -0.39 is 0 Å². The van der Waals surface area contributed by atoms with Crippen molar-refractivity contribution in [1.29, 1.82) is 0 Å². The maximum atomic E-state index is 4.40. The second-order valence-electron chi connectivity index (χ2n) is 3.81. The predicted octanol–water partition coefficient (Wildman–Crippen LogP) is 3.85. The van der Waals surface area contributed by atoms with Crippen molar-refractivity contribution in [2.75, 3.05) is 6.54 Å². The molecule has 0 atom stereocenters. The minimum Gasteiger partial charge on any atom is -0.293 e. The Hall–Kier alpha value is -0.590. The Balaban J connectivity index is 3.89. The Labute approximate surface area is 83.0 Å². The first-order valence-corrected chi connectivity index (χ1v) is 5.39. The molecule has 0 aromatic heterocycles. The Kier molecular flexibility index (Phi) is 7.66. The van der Waals surface area contributed by atoms with Crippen LogP contribution < -0.4 is 0 Å². The number of hydrogen-bond donors (Lipinski definition) is 0. The van der Waals surface area contributed by atoms with Gasteiger partial charge >= 0.3 is 0 Å². The standard InChI is InChI=1S/C12H23N/c1-5-7-8-12(6-2)10-13-9-11(3)4/h8,10-11H,5-7,9H2,1-4H3. The molecule has 0 heterocycles. The van der Waals surface area contributed by atoms with E-state index in [0.717, 1.165) is 13.0 Å². The van der Waals surface area contributed by atoms with Gasteiger partial charge in [-0.05, 0) is 24.3 Å². The molecule has 0 bridgehead atoms. The fourth-order valence-corrected chi connectivity index (χ4v) is 0.999. The first-order valence-electron chi connectivity index (χ1n) is 5.39. The van der Waals surface area contributed by atoms with Crippen LogP contribution in [-0.2, 0) is 0 Å². The van der Waals surface area contributed by atoms with E-state index in [1.165, 1.54) is 18.4 Å². The van der Waals surface area contributed by atoms with Crippen molar-refractivity contribution in [3.8, 4) is 0 Å². The summed E-state index contributed by atoms with van der Waals surface area (Å²) < 4.78 is 0. The minimum atomic E-state index is 0.667. The average molecular weight is 181 g/mol. The molecule has 0 aromatic rings. The van der Waals surface area contributed by atoms with Gasteiger partial charge in [0, 0.05) is 12.8 Å². The smallest absolute Gasteiger partial charge is 0.0412 e. The van der Waals surface area contributed by atoms with Crippen LogP contribution >= 0.6 is 0 Å². The number of hydrogen-bond acceptors (Lipinski definition) is 1. The summed E-state index contributed by atoms with van der Waals surface area (Å²) in [4.78, 5) is 4.40. The summed E-state index contributed by atoms with van der Waals surface area (Å²) in [5, 5.41) is 0. The molecule has 76 valence electrons. The molecule has 0 radical (unpaired) electrons. The lowest BCUT2D eigenvalue weighted by atomic mass is 10.1. The number of nitrogens with zero attached hydrogens (tertiary/aromatic N) is 1. The predicted molar refractivity (Wildman–Crippen MR) is 61.5 cm³/mol. The van der Waals surface area contributed by atoms with Crippen LogP contribution in [0.4, 0.5) is 0 Å². The number of rotatable bonds is 6. The topological polar surface area (TPSA) is 12.4 Å². The molecule has 0 spiro atoms. The van der Waals surface area contributed by atoms with E-state index in [0.29, 0.717) is 5.92 Å². The van der Waals surface area contributed by atoms with Crippen molar-refractivity contribution in [2.45, 2.75) is 47.0 Å². The lowest BCUT2D eigenvalue weighted by molar-refractivity contribution is 0.667. The molecule has 0 N–H and O–H groups in total. The SMILES string of the molecule is CCCC=C(C=NCC(C)C)CC. The minimum absolute atomic E-state index is 0.667. The van der Waals surface area contributed by atoms with Crippen molar-refractivity contribution in [2.24, 2.45) is 10.9 Å². The normalized spacial score (nSPS) is 13.2. The van der Waals surface area contributed by atoms with E-state index in [4.69, 9.17) is 0 Å². The number of aliphatic imine (C=N–C) groups is 1. The van der Waals surface area contributed by atoms with Gasteiger partial charge in [0.05, 0.1) is 0 Å². The van der Waals surface area contributed by atoms with Gasteiger partial charge in [-0.25, -0.2) is 0 Å². The Morgan fingerprint density at radius 1 is 1.31 bits per heavy atom. The van der Waals surface area contributed by atoms with E-state index >= 15 is 0 Å². The molecule has 0 aliphatic heterocycles. The highest BCUT2D eigenvalue weighted by Crippen LogP contribution is 2.01. The van der Waals surface area contributed by atoms with Crippen LogP contribution in [0.2, 0.25) is 0 Å². The Bertz CT molecular complexity index is 166. The van der Waals surface area contributed by atoms with Crippen LogP contribution in [0, 0.1) is 5.92 Å². The third-order valence-electron chi connectivity index (χ3n) is 1.83. The summed E-state index contributed by atoms with van der Waals surface area (Å²) in [6.45, 7) is 9.72. The molecule has 0 saturated carbocycles. The molecular formula is C12H23N.